The quantitative estimate of drug-likeness (QED) is 0.709. The molecule has 0 radical (unpaired) electrons. The van der Waals surface area contributed by atoms with Gasteiger partial charge in [0.2, 0.25) is 0 Å². The molecule has 3 N–H and O–H groups in total. The second-order valence-corrected chi connectivity index (χ2v) is 6.65. The van der Waals surface area contributed by atoms with Gasteiger partial charge in [-0.2, -0.15) is 0 Å². The molecule has 106 valence electrons. The van der Waals surface area contributed by atoms with E-state index in [-0.39, 0.29) is 16.9 Å². The Morgan fingerprint density at radius 2 is 1.89 bits per heavy atom. The first-order chi connectivity index (χ1) is 8.31. The van der Waals surface area contributed by atoms with Gasteiger partial charge in [0.25, 0.3) is 0 Å². The first-order valence-electron chi connectivity index (χ1n) is 6.95. The molecule has 1 amide bonds. The van der Waals surface area contributed by atoms with E-state index in [4.69, 9.17) is 5.11 Å². The van der Waals surface area contributed by atoms with E-state index in [1.807, 2.05) is 7.05 Å². The maximum Gasteiger partial charge on any atom is 0.404 e. The van der Waals surface area contributed by atoms with Crippen molar-refractivity contribution >= 4 is 6.09 Å². The molecule has 1 rings (SSSR count). The number of hydrogen-bond acceptors (Lipinski definition) is 2. The van der Waals surface area contributed by atoms with Crippen LogP contribution in [0.15, 0.2) is 0 Å². The Morgan fingerprint density at radius 1 is 1.33 bits per heavy atom. The van der Waals surface area contributed by atoms with Crippen molar-refractivity contribution in [3.8, 4) is 0 Å². The lowest BCUT2D eigenvalue weighted by Gasteiger charge is -2.44. The second kappa shape index (κ2) is 5.91. The molecule has 0 spiro atoms. The van der Waals surface area contributed by atoms with Crippen LogP contribution in [0.1, 0.15) is 52.9 Å². The lowest BCUT2D eigenvalue weighted by molar-refractivity contribution is 0.0674. The van der Waals surface area contributed by atoms with Crippen molar-refractivity contribution in [2.24, 2.45) is 10.8 Å². The highest BCUT2D eigenvalue weighted by molar-refractivity contribution is 5.64. The first-order valence-corrected chi connectivity index (χ1v) is 6.95. The maximum atomic E-state index is 10.9. The highest BCUT2D eigenvalue weighted by Crippen LogP contribution is 2.53. The Labute approximate surface area is 111 Å². The van der Waals surface area contributed by atoms with Gasteiger partial charge in [-0.3, -0.25) is 0 Å². The van der Waals surface area contributed by atoms with Crippen LogP contribution in [0, 0.1) is 10.8 Å². The molecular formula is C14H28N2O2. The molecule has 0 aromatic rings. The Kier molecular flexibility index (Phi) is 5.02. The van der Waals surface area contributed by atoms with Crippen molar-refractivity contribution in [1.82, 2.24) is 10.6 Å². The fraction of sp³-hybridized carbons (Fsp3) is 0.929. The van der Waals surface area contributed by atoms with Gasteiger partial charge in [-0.25, -0.2) is 4.79 Å². The molecule has 0 saturated heterocycles. The highest BCUT2D eigenvalue weighted by Gasteiger charge is 2.45. The zero-order valence-corrected chi connectivity index (χ0v) is 12.2. The van der Waals surface area contributed by atoms with Gasteiger partial charge in [-0.1, -0.05) is 33.6 Å². The number of carboxylic acid groups (broad SMARTS) is 1. The minimum Gasteiger partial charge on any atom is -0.465 e. The summed E-state index contributed by atoms with van der Waals surface area (Å²) in [6.07, 6.45) is 5.00. The Balaban J connectivity index is 2.77. The van der Waals surface area contributed by atoms with Crippen molar-refractivity contribution in [1.29, 1.82) is 0 Å². The Bertz CT molecular complexity index is 278. The average Bonchev–Trinajstić information content (AvgIpc) is 2.65. The molecule has 4 heteroatoms. The summed E-state index contributed by atoms with van der Waals surface area (Å²) in [7, 11) is 1.87. The van der Waals surface area contributed by atoms with Gasteiger partial charge >= 0.3 is 6.09 Å². The smallest absolute Gasteiger partial charge is 0.404 e. The van der Waals surface area contributed by atoms with Crippen molar-refractivity contribution < 1.29 is 9.90 Å². The van der Waals surface area contributed by atoms with Crippen LogP contribution in [0.25, 0.3) is 0 Å². The van der Waals surface area contributed by atoms with Crippen molar-refractivity contribution in [2.75, 3.05) is 13.6 Å². The molecule has 0 aromatic carbocycles. The van der Waals surface area contributed by atoms with Crippen LogP contribution in [0.5, 0.6) is 0 Å². The SMILES string of the molecule is CNCC(CC1(C(C)(C)C)CCCC1)NC(=O)O. The number of hydrogen-bond donors (Lipinski definition) is 3. The molecule has 1 saturated carbocycles. The summed E-state index contributed by atoms with van der Waals surface area (Å²) in [6, 6.07) is 0.00447. The second-order valence-electron chi connectivity index (χ2n) is 6.65. The predicted octanol–water partition coefficient (Wildman–Crippen LogP) is 2.84. The maximum absolute atomic E-state index is 10.9. The van der Waals surface area contributed by atoms with E-state index in [1.54, 1.807) is 0 Å². The van der Waals surface area contributed by atoms with E-state index in [9.17, 15) is 4.79 Å². The summed E-state index contributed by atoms with van der Waals surface area (Å²) in [5.74, 6) is 0. The zero-order chi connectivity index (χ0) is 13.8. The summed E-state index contributed by atoms with van der Waals surface area (Å²) in [5.41, 5.74) is 0.507. The molecule has 0 aromatic heterocycles. The molecule has 0 heterocycles. The fourth-order valence-corrected chi connectivity index (χ4v) is 3.38. The van der Waals surface area contributed by atoms with E-state index in [2.05, 4.69) is 31.4 Å². The molecule has 1 aliphatic carbocycles. The first kappa shape index (κ1) is 15.3. The van der Waals surface area contributed by atoms with Crippen LogP contribution in [0.2, 0.25) is 0 Å². The van der Waals surface area contributed by atoms with E-state index in [0.717, 1.165) is 6.42 Å². The van der Waals surface area contributed by atoms with Gasteiger partial charge in [0.1, 0.15) is 0 Å². The van der Waals surface area contributed by atoms with Gasteiger partial charge in [-0.05, 0) is 37.1 Å². The number of nitrogens with one attached hydrogen (secondary N) is 2. The molecular weight excluding hydrogens is 228 g/mol. The molecule has 1 fully saturated rings. The van der Waals surface area contributed by atoms with Crippen LogP contribution in [-0.4, -0.2) is 30.8 Å². The highest BCUT2D eigenvalue weighted by atomic mass is 16.4. The monoisotopic (exact) mass is 256 g/mol. The van der Waals surface area contributed by atoms with Gasteiger partial charge in [0.05, 0.1) is 0 Å². The standard InChI is InChI=1S/C14H28N2O2/c1-13(2,3)14(7-5-6-8-14)9-11(10-15-4)16-12(17)18/h11,15-16H,5-10H2,1-4H3,(H,17,18). The number of likely N-dealkylation sites (N-methyl/N-ethyl adjacent to an activating group) is 1. The minimum atomic E-state index is -0.919. The number of rotatable bonds is 5. The molecule has 0 bridgehead atoms. The summed E-state index contributed by atoms with van der Waals surface area (Å²) in [5, 5.41) is 14.7. The van der Waals surface area contributed by atoms with Crippen LogP contribution in [0.4, 0.5) is 4.79 Å². The summed E-state index contributed by atoms with van der Waals surface area (Å²) >= 11 is 0. The Hall–Kier alpha value is -0.770. The number of amides is 1. The summed E-state index contributed by atoms with van der Waals surface area (Å²) in [6.45, 7) is 7.56. The third-order valence-electron chi connectivity index (χ3n) is 4.57. The van der Waals surface area contributed by atoms with Gasteiger partial charge < -0.3 is 15.7 Å². The topological polar surface area (TPSA) is 61.4 Å². The largest absolute Gasteiger partial charge is 0.465 e. The number of carbonyl (C=O) groups is 1. The van der Waals surface area contributed by atoms with Gasteiger partial charge in [0.15, 0.2) is 0 Å². The molecule has 4 nitrogen and oxygen atoms in total. The molecule has 1 aliphatic rings. The Morgan fingerprint density at radius 3 is 2.28 bits per heavy atom. The zero-order valence-electron chi connectivity index (χ0n) is 12.2. The fourth-order valence-electron chi connectivity index (χ4n) is 3.38. The van der Waals surface area contributed by atoms with Crippen molar-refractivity contribution in [3.63, 3.8) is 0 Å². The third-order valence-corrected chi connectivity index (χ3v) is 4.57. The van der Waals surface area contributed by atoms with Crippen LogP contribution in [0.3, 0.4) is 0 Å². The minimum absolute atomic E-state index is 0.00447. The van der Waals surface area contributed by atoms with E-state index >= 15 is 0 Å². The average molecular weight is 256 g/mol. The predicted molar refractivity (Wildman–Crippen MR) is 73.8 cm³/mol. The molecule has 1 unspecified atom stereocenters. The lowest BCUT2D eigenvalue weighted by Crippen LogP contribution is -2.46. The summed E-state index contributed by atoms with van der Waals surface area (Å²) in [4.78, 5) is 10.9. The lowest BCUT2D eigenvalue weighted by atomic mass is 9.62. The van der Waals surface area contributed by atoms with Gasteiger partial charge in [0, 0.05) is 12.6 Å². The molecule has 1 atom stereocenters. The molecule has 0 aliphatic heterocycles. The third kappa shape index (κ3) is 3.61. The van der Waals surface area contributed by atoms with Crippen LogP contribution in [-0.2, 0) is 0 Å². The van der Waals surface area contributed by atoms with Crippen molar-refractivity contribution in [3.05, 3.63) is 0 Å². The van der Waals surface area contributed by atoms with E-state index < -0.39 is 6.09 Å². The van der Waals surface area contributed by atoms with Crippen LogP contribution < -0.4 is 10.6 Å². The molecule has 18 heavy (non-hydrogen) atoms. The van der Waals surface area contributed by atoms with E-state index in [1.165, 1.54) is 25.7 Å². The summed E-state index contributed by atoms with van der Waals surface area (Å²) < 4.78 is 0. The normalized spacial score (nSPS) is 20.7. The van der Waals surface area contributed by atoms with Crippen LogP contribution >= 0.6 is 0 Å². The van der Waals surface area contributed by atoms with Crippen molar-refractivity contribution in [2.45, 2.75) is 58.9 Å². The van der Waals surface area contributed by atoms with Gasteiger partial charge in [-0.15, -0.1) is 0 Å². The van der Waals surface area contributed by atoms with E-state index in [0.29, 0.717) is 6.54 Å².